The zero-order chi connectivity index (χ0) is 19.6. The van der Waals surface area contributed by atoms with Gasteiger partial charge in [0.2, 0.25) is 5.91 Å². The van der Waals surface area contributed by atoms with E-state index in [0.29, 0.717) is 25.1 Å². The molecule has 1 atom stereocenters. The first kappa shape index (κ1) is 19.6. The molecule has 0 spiro atoms. The van der Waals surface area contributed by atoms with Crippen LogP contribution in [0.4, 0.5) is 4.39 Å². The van der Waals surface area contributed by atoms with Crippen molar-refractivity contribution in [2.75, 3.05) is 13.1 Å². The molecule has 0 bridgehead atoms. The Hall–Kier alpha value is -3.12. The molecule has 0 aliphatic carbocycles. The molecule has 1 amide bonds. The lowest BCUT2D eigenvalue weighted by Gasteiger charge is -2.19. The number of amides is 1. The molecule has 3 rings (SSSR count). The maximum atomic E-state index is 14.3. The van der Waals surface area contributed by atoms with Crippen molar-refractivity contribution in [3.63, 3.8) is 0 Å². The van der Waals surface area contributed by atoms with Gasteiger partial charge in [-0.25, -0.2) is 4.39 Å². The number of nitrogens with zero attached hydrogens (tertiary/aromatic N) is 2. The predicted molar refractivity (Wildman–Crippen MR) is 106 cm³/mol. The highest BCUT2D eigenvalue weighted by Crippen LogP contribution is 2.17. The molecule has 2 aromatic heterocycles. The summed E-state index contributed by atoms with van der Waals surface area (Å²) in [5.74, 6) is -0.637. The van der Waals surface area contributed by atoms with Gasteiger partial charge in [0.05, 0.1) is 0 Å². The fraction of sp³-hybridized carbons (Fsp3) is 0.227. The molecule has 0 saturated carbocycles. The quantitative estimate of drug-likeness (QED) is 0.601. The third-order valence-electron chi connectivity index (χ3n) is 4.45. The fourth-order valence-electron chi connectivity index (χ4n) is 2.94. The molecular formula is C22H23FN4O. The van der Waals surface area contributed by atoms with E-state index in [1.54, 1.807) is 43.0 Å². The van der Waals surface area contributed by atoms with Crippen LogP contribution in [0.25, 0.3) is 0 Å². The van der Waals surface area contributed by atoms with E-state index >= 15 is 0 Å². The Morgan fingerprint density at radius 2 is 1.43 bits per heavy atom. The third kappa shape index (κ3) is 5.69. The number of aromatic nitrogens is 2. The summed E-state index contributed by atoms with van der Waals surface area (Å²) in [6.45, 7) is 1.01. The van der Waals surface area contributed by atoms with Gasteiger partial charge in [0.15, 0.2) is 0 Å². The monoisotopic (exact) mass is 378 g/mol. The summed E-state index contributed by atoms with van der Waals surface area (Å²) in [6.07, 6.45) is 8.32. The Morgan fingerprint density at radius 1 is 0.857 bits per heavy atom. The smallest absolute Gasteiger partial charge is 0.241 e. The number of pyridine rings is 2. The van der Waals surface area contributed by atoms with Gasteiger partial charge in [-0.2, -0.15) is 0 Å². The van der Waals surface area contributed by atoms with Crippen molar-refractivity contribution >= 4 is 5.91 Å². The van der Waals surface area contributed by atoms with Gasteiger partial charge in [0, 0.05) is 43.4 Å². The van der Waals surface area contributed by atoms with Gasteiger partial charge in [-0.15, -0.1) is 0 Å². The average molecular weight is 378 g/mol. The van der Waals surface area contributed by atoms with E-state index in [9.17, 15) is 9.18 Å². The van der Waals surface area contributed by atoms with Crippen LogP contribution in [-0.2, 0) is 17.6 Å². The second kappa shape index (κ2) is 10.3. The van der Waals surface area contributed by atoms with E-state index in [0.717, 1.165) is 17.5 Å². The second-order valence-corrected chi connectivity index (χ2v) is 6.41. The maximum absolute atomic E-state index is 14.3. The molecule has 2 N–H and O–H groups in total. The summed E-state index contributed by atoms with van der Waals surface area (Å²) >= 11 is 0. The van der Waals surface area contributed by atoms with Crippen LogP contribution in [-0.4, -0.2) is 29.0 Å². The molecule has 3 aromatic rings. The minimum Gasteiger partial charge on any atom is -0.354 e. The Labute approximate surface area is 164 Å². The van der Waals surface area contributed by atoms with Crippen molar-refractivity contribution < 1.29 is 9.18 Å². The maximum Gasteiger partial charge on any atom is 0.241 e. The first-order valence-electron chi connectivity index (χ1n) is 9.27. The SMILES string of the molecule is O=C(NCCc1ccncc1)C(NCCc1ccncc1)c1ccccc1F. The van der Waals surface area contributed by atoms with Gasteiger partial charge in [0.1, 0.15) is 11.9 Å². The lowest BCUT2D eigenvalue weighted by Crippen LogP contribution is -2.39. The van der Waals surface area contributed by atoms with E-state index in [1.165, 1.54) is 6.07 Å². The molecule has 5 nitrogen and oxygen atoms in total. The van der Waals surface area contributed by atoms with Crippen molar-refractivity contribution in [3.05, 3.63) is 95.8 Å². The van der Waals surface area contributed by atoms with Crippen molar-refractivity contribution in [1.82, 2.24) is 20.6 Å². The van der Waals surface area contributed by atoms with Crippen LogP contribution < -0.4 is 10.6 Å². The van der Waals surface area contributed by atoms with E-state index < -0.39 is 11.9 Å². The Kier molecular flexibility index (Phi) is 7.21. The number of hydrogen-bond donors (Lipinski definition) is 2. The van der Waals surface area contributed by atoms with Crippen LogP contribution >= 0.6 is 0 Å². The number of rotatable bonds is 9. The summed E-state index contributed by atoms with van der Waals surface area (Å²) in [4.78, 5) is 20.7. The van der Waals surface area contributed by atoms with Gasteiger partial charge in [-0.1, -0.05) is 18.2 Å². The largest absolute Gasteiger partial charge is 0.354 e. The molecule has 0 saturated heterocycles. The summed E-state index contributed by atoms with van der Waals surface area (Å²) in [6, 6.07) is 13.3. The van der Waals surface area contributed by atoms with E-state index in [4.69, 9.17) is 0 Å². The van der Waals surface area contributed by atoms with Crippen molar-refractivity contribution in [3.8, 4) is 0 Å². The molecule has 0 aliphatic heterocycles. The normalized spacial score (nSPS) is 11.8. The minimum absolute atomic E-state index is 0.242. The molecular weight excluding hydrogens is 355 g/mol. The lowest BCUT2D eigenvalue weighted by molar-refractivity contribution is -0.123. The molecule has 6 heteroatoms. The molecule has 1 aromatic carbocycles. The zero-order valence-electron chi connectivity index (χ0n) is 15.5. The van der Waals surface area contributed by atoms with Gasteiger partial charge in [0.25, 0.3) is 0 Å². The first-order chi connectivity index (χ1) is 13.7. The molecule has 2 heterocycles. The highest BCUT2D eigenvalue weighted by molar-refractivity contribution is 5.83. The first-order valence-corrected chi connectivity index (χ1v) is 9.27. The Morgan fingerprint density at radius 3 is 2.04 bits per heavy atom. The van der Waals surface area contributed by atoms with Crippen molar-refractivity contribution in [1.29, 1.82) is 0 Å². The summed E-state index contributed by atoms with van der Waals surface area (Å²) in [5.41, 5.74) is 2.54. The number of carbonyl (C=O) groups excluding carboxylic acids is 1. The lowest BCUT2D eigenvalue weighted by atomic mass is 10.0. The van der Waals surface area contributed by atoms with E-state index in [2.05, 4.69) is 20.6 Å². The average Bonchev–Trinajstić information content (AvgIpc) is 2.73. The Bertz CT molecular complexity index is 874. The van der Waals surface area contributed by atoms with Gasteiger partial charge >= 0.3 is 0 Å². The van der Waals surface area contributed by atoms with Crippen LogP contribution in [0.3, 0.4) is 0 Å². The number of carbonyl (C=O) groups is 1. The number of benzene rings is 1. The molecule has 0 aliphatic rings. The summed E-state index contributed by atoms with van der Waals surface area (Å²) in [5, 5.41) is 6.10. The highest BCUT2D eigenvalue weighted by atomic mass is 19.1. The summed E-state index contributed by atoms with van der Waals surface area (Å²) < 4.78 is 14.3. The topological polar surface area (TPSA) is 66.9 Å². The number of halogens is 1. The zero-order valence-corrected chi connectivity index (χ0v) is 15.5. The van der Waals surface area contributed by atoms with E-state index in [-0.39, 0.29) is 5.91 Å². The highest BCUT2D eigenvalue weighted by Gasteiger charge is 2.22. The molecule has 144 valence electrons. The van der Waals surface area contributed by atoms with Crippen molar-refractivity contribution in [2.45, 2.75) is 18.9 Å². The summed E-state index contributed by atoms with van der Waals surface area (Å²) in [7, 11) is 0. The van der Waals surface area contributed by atoms with Crippen LogP contribution in [0, 0.1) is 5.82 Å². The molecule has 28 heavy (non-hydrogen) atoms. The fourth-order valence-corrected chi connectivity index (χ4v) is 2.94. The van der Waals surface area contributed by atoms with Gasteiger partial charge in [-0.05, 0) is 54.3 Å². The van der Waals surface area contributed by atoms with Crippen molar-refractivity contribution in [2.24, 2.45) is 0 Å². The molecule has 0 fully saturated rings. The standard InChI is InChI=1S/C22H23FN4O/c23-20-4-2-1-3-19(20)21(26-15-9-17-5-11-24-12-6-17)22(28)27-16-10-18-7-13-25-14-8-18/h1-8,11-14,21,26H,9-10,15-16H2,(H,27,28). The Balaban J connectivity index is 1.61. The van der Waals surface area contributed by atoms with Gasteiger partial charge < -0.3 is 10.6 Å². The predicted octanol–water partition coefficient (Wildman–Crippen LogP) is 2.85. The number of hydrogen-bond acceptors (Lipinski definition) is 4. The second-order valence-electron chi connectivity index (χ2n) is 6.41. The van der Waals surface area contributed by atoms with Gasteiger partial charge in [-0.3, -0.25) is 14.8 Å². The molecule has 1 unspecified atom stereocenters. The third-order valence-corrected chi connectivity index (χ3v) is 4.45. The molecule has 0 radical (unpaired) electrons. The van der Waals surface area contributed by atoms with Crippen LogP contribution in [0.15, 0.2) is 73.3 Å². The van der Waals surface area contributed by atoms with E-state index in [1.807, 2.05) is 24.3 Å². The van der Waals surface area contributed by atoms with Crippen LogP contribution in [0.5, 0.6) is 0 Å². The van der Waals surface area contributed by atoms with Crippen LogP contribution in [0.1, 0.15) is 22.7 Å². The van der Waals surface area contributed by atoms with Crippen LogP contribution in [0.2, 0.25) is 0 Å². The number of nitrogens with one attached hydrogen (secondary N) is 2. The minimum atomic E-state index is -0.750.